The third-order valence-electron chi connectivity index (χ3n) is 4.81. The molecule has 0 aromatic heterocycles. The van der Waals surface area contributed by atoms with Crippen molar-refractivity contribution >= 4 is 51.7 Å². The van der Waals surface area contributed by atoms with Gasteiger partial charge in [-0.1, -0.05) is 0 Å². The van der Waals surface area contributed by atoms with Crippen LogP contribution in [-0.4, -0.2) is 107 Å². The molecule has 28 heavy (non-hydrogen) atoms. The number of hydrogen-bond acceptors (Lipinski definition) is 6. The third kappa shape index (κ3) is 8.90. The SMILES string of the molecule is CN=C(NCCS(=O)(=O)N1CCSCC1)N1CCC(OCCCOC)CC1.I. The summed E-state index contributed by atoms with van der Waals surface area (Å²) in [7, 11) is 0.256. The number of ether oxygens (including phenoxy) is 2. The Morgan fingerprint density at radius 3 is 2.46 bits per heavy atom. The van der Waals surface area contributed by atoms with E-state index >= 15 is 0 Å². The summed E-state index contributed by atoms with van der Waals surface area (Å²) in [4.78, 5) is 6.50. The molecule has 166 valence electrons. The lowest BCUT2D eigenvalue weighted by Crippen LogP contribution is -2.48. The topological polar surface area (TPSA) is 83.5 Å². The van der Waals surface area contributed by atoms with E-state index in [9.17, 15) is 8.42 Å². The van der Waals surface area contributed by atoms with Gasteiger partial charge in [-0.25, -0.2) is 12.7 Å². The minimum atomic E-state index is -3.19. The van der Waals surface area contributed by atoms with E-state index < -0.39 is 10.0 Å². The highest BCUT2D eigenvalue weighted by atomic mass is 127. The molecule has 0 atom stereocenters. The van der Waals surface area contributed by atoms with Gasteiger partial charge in [0.2, 0.25) is 10.0 Å². The number of sulfonamides is 1. The largest absolute Gasteiger partial charge is 0.385 e. The summed E-state index contributed by atoms with van der Waals surface area (Å²) in [5, 5.41) is 3.22. The van der Waals surface area contributed by atoms with Crippen LogP contribution < -0.4 is 5.32 Å². The van der Waals surface area contributed by atoms with Gasteiger partial charge in [-0.15, -0.1) is 24.0 Å². The molecule has 0 bridgehead atoms. The maximum atomic E-state index is 12.4. The van der Waals surface area contributed by atoms with Gasteiger partial charge in [0.05, 0.1) is 11.9 Å². The average molecular weight is 551 g/mol. The van der Waals surface area contributed by atoms with E-state index in [0.29, 0.717) is 19.6 Å². The molecule has 2 fully saturated rings. The van der Waals surface area contributed by atoms with Gasteiger partial charge in [0.1, 0.15) is 0 Å². The second-order valence-electron chi connectivity index (χ2n) is 6.70. The second-order valence-corrected chi connectivity index (χ2v) is 10.0. The van der Waals surface area contributed by atoms with Gasteiger partial charge in [-0.3, -0.25) is 4.99 Å². The van der Waals surface area contributed by atoms with Gasteiger partial charge in [0, 0.05) is 71.6 Å². The minimum absolute atomic E-state index is 0. The van der Waals surface area contributed by atoms with E-state index in [1.165, 1.54) is 0 Å². The van der Waals surface area contributed by atoms with Gasteiger partial charge in [-0.2, -0.15) is 11.8 Å². The Kier molecular flexibility index (Phi) is 13.3. The summed E-state index contributed by atoms with van der Waals surface area (Å²) in [5.74, 6) is 2.65. The van der Waals surface area contributed by atoms with Crippen LogP contribution in [0.4, 0.5) is 0 Å². The Labute approximate surface area is 191 Å². The molecule has 0 aliphatic carbocycles. The van der Waals surface area contributed by atoms with E-state index in [2.05, 4.69) is 15.2 Å². The predicted octanol–water partition coefficient (Wildman–Crippen LogP) is 1.08. The van der Waals surface area contributed by atoms with Crippen LogP contribution >= 0.6 is 35.7 Å². The Balaban J connectivity index is 0.00000392. The molecule has 0 aromatic rings. The number of thioether (sulfide) groups is 1. The summed E-state index contributed by atoms with van der Waals surface area (Å²) in [5.41, 5.74) is 0. The van der Waals surface area contributed by atoms with Crippen LogP contribution in [0, 0.1) is 0 Å². The molecular formula is C17H35IN4O4S2. The first-order valence-electron chi connectivity index (χ1n) is 9.68. The van der Waals surface area contributed by atoms with Crippen molar-refractivity contribution in [3.8, 4) is 0 Å². The number of guanidine groups is 1. The molecule has 2 aliphatic heterocycles. The molecule has 0 saturated carbocycles. The van der Waals surface area contributed by atoms with Crippen molar-refractivity contribution in [3.05, 3.63) is 0 Å². The van der Waals surface area contributed by atoms with Gasteiger partial charge >= 0.3 is 0 Å². The fourth-order valence-corrected chi connectivity index (χ4v) is 5.76. The first-order chi connectivity index (χ1) is 13.1. The van der Waals surface area contributed by atoms with E-state index in [0.717, 1.165) is 63.0 Å². The number of methoxy groups -OCH3 is 1. The number of nitrogens with one attached hydrogen (secondary N) is 1. The molecular weight excluding hydrogens is 515 g/mol. The standard InChI is InChI=1S/C17H34N4O4S2.HI/c1-18-17(19-6-15-27(22,23)21-9-13-26-14-10-21)20-7-4-16(5-8-20)25-12-3-11-24-2;/h16H,3-15H2,1-2H3,(H,18,19);1H. The van der Waals surface area contributed by atoms with E-state index in [1.54, 1.807) is 18.5 Å². The number of piperidine rings is 1. The second kappa shape index (κ2) is 14.2. The Morgan fingerprint density at radius 2 is 1.86 bits per heavy atom. The lowest BCUT2D eigenvalue weighted by molar-refractivity contribution is 0.00993. The van der Waals surface area contributed by atoms with Crippen LogP contribution in [0.15, 0.2) is 4.99 Å². The molecule has 1 N–H and O–H groups in total. The minimum Gasteiger partial charge on any atom is -0.385 e. The summed E-state index contributed by atoms with van der Waals surface area (Å²) >= 11 is 1.81. The number of rotatable bonds is 9. The lowest BCUT2D eigenvalue weighted by Gasteiger charge is -2.34. The van der Waals surface area contributed by atoms with Gasteiger partial charge in [-0.05, 0) is 19.3 Å². The average Bonchev–Trinajstić information content (AvgIpc) is 2.70. The van der Waals surface area contributed by atoms with Crippen molar-refractivity contribution in [2.24, 2.45) is 4.99 Å². The summed E-state index contributed by atoms with van der Waals surface area (Å²) in [6.45, 7) is 4.83. The third-order valence-corrected chi connectivity index (χ3v) is 7.62. The molecule has 0 amide bonds. The predicted molar refractivity (Wildman–Crippen MR) is 127 cm³/mol. The monoisotopic (exact) mass is 550 g/mol. The Bertz CT molecular complexity index is 551. The van der Waals surface area contributed by atoms with Crippen molar-refractivity contribution in [2.75, 3.05) is 77.4 Å². The Hall–Kier alpha value is 0.180. The first kappa shape index (κ1) is 26.2. The normalized spacial score (nSPS) is 20.1. The quantitative estimate of drug-likeness (QED) is 0.199. The zero-order valence-corrected chi connectivity index (χ0v) is 20.9. The lowest BCUT2D eigenvalue weighted by atomic mass is 10.1. The zero-order chi connectivity index (χ0) is 19.5. The van der Waals surface area contributed by atoms with Crippen molar-refractivity contribution in [2.45, 2.75) is 25.4 Å². The van der Waals surface area contributed by atoms with Gasteiger partial charge in [0.15, 0.2) is 5.96 Å². The number of aliphatic imine (C=N–C) groups is 1. The molecule has 0 radical (unpaired) electrons. The fourth-order valence-electron chi connectivity index (χ4n) is 3.27. The highest BCUT2D eigenvalue weighted by molar-refractivity contribution is 14.0. The molecule has 0 unspecified atom stereocenters. The van der Waals surface area contributed by atoms with Crippen LogP contribution in [-0.2, 0) is 19.5 Å². The molecule has 2 saturated heterocycles. The van der Waals surface area contributed by atoms with Crippen LogP contribution in [0.3, 0.4) is 0 Å². The van der Waals surface area contributed by atoms with Crippen molar-refractivity contribution in [1.82, 2.24) is 14.5 Å². The van der Waals surface area contributed by atoms with Crippen LogP contribution in [0.25, 0.3) is 0 Å². The number of likely N-dealkylation sites (tertiary alicyclic amines) is 1. The highest BCUT2D eigenvalue weighted by Crippen LogP contribution is 2.15. The molecule has 2 aliphatic rings. The van der Waals surface area contributed by atoms with Crippen LogP contribution in [0.5, 0.6) is 0 Å². The van der Waals surface area contributed by atoms with Gasteiger partial charge in [0.25, 0.3) is 0 Å². The van der Waals surface area contributed by atoms with Gasteiger partial charge < -0.3 is 19.7 Å². The molecule has 0 spiro atoms. The van der Waals surface area contributed by atoms with Crippen LogP contribution in [0.1, 0.15) is 19.3 Å². The van der Waals surface area contributed by atoms with E-state index in [4.69, 9.17) is 9.47 Å². The Morgan fingerprint density at radius 1 is 1.18 bits per heavy atom. The number of hydrogen-bond donors (Lipinski definition) is 1. The number of nitrogens with zero attached hydrogens (tertiary/aromatic N) is 3. The zero-order valence-electron chi connectivity index (χ0n) is 17.0. The molecule has 8 nitrogen and oxygen atoms in total. The molecule has 11 heteroatoms. The van der Waals surface area contributed by atoms with Crippen molar-refractivity contribution in [1.29, 1.82) is 0 Å². The fraction of sp³-hybridized carbons (Fsp3) is 0.941. The van der Waals surface area contributed by atoms with Crippen molar-refractivity contribution < 1.29 is 17.9 Å². The maximum absolute atomic E-state index is 12.4. The molecule has 2 rings (SSSR count). The highest BCUT2D eigenvalue weighted by Gasteiger charge is 2.25. The first-order valence-corrected chi connectivity index (χ1v) is 12.4. The summed E-state index contributed by atoms with van der Waals surface area (Å²) in [6, 6.07) is 0. The summed E-state index contributed by atoms with van der Waals surface area (Å²) < 4.78 is 37.4. The smallest absolute Gasteiger partial charge is 0.215 e. The molecule has 2 heterocycles. The molecule has 0 aromatic carbocycles. The van der Waals surface area contributed by atoms with Crippen LogP contribution in [0.2, 0.25) is 0 Å². The van der Waals surface area contributed by atoms with E-state index in [-0.39, 0.29) is 35.8 Å². The summed E-state index contributed by atoms with van der Waals surface area (Å²) in [6.07, 6.45) is 3.12. The maximum Gasteiger partial charge on any atom is 0.215 e. The number of halogens is 1. The van der Waals surface area contributed by atoms with E-state index in [1.807, 2.05) is 11.8 Å². The van der Waals surface area contributed by atoms with Crippen molar-refractivity contribution in [3.63, 3.8) is 0 Å².